The number of esters is 1. The van der Waals surface area contributed by atoms with Crippen LogP contribution in [0.15, 0.2) is 30.3 Å². The van der Waals surface area contributed by atoms with Crippen molar-refractivity contribution in [2.45, 2.75) is 46.1 Å². The molecule has 1 aromatic rings. The van der Waals surface area contributed by atoms with Gasteiger partial charge in [-0.15, -0.1) is 0 Å². The van der Waals surface area contributed by atoms with Crippen LogP contribution < -0.4 is 5.32 Å². The van der Waals surface area contributed by atoms with E-state index in [0.29, 0.717) is 25.1 Å². The molecule has 0 aliphatic rings. The predicted molar refractivity (Wildman–Crippen MR) is 85.7 cm³/mol. The second kappa shape index (κ2) is 8.41. The average Bonchev–Trinajstić information content (AvgIpc) is 2.45. The van der Waals surface area contributed by atoms with E-state index in [9.17, 15) is 9.59 Å². The van der Waals surface area contributed by atoms with Gasteiger partial charge in [0, 0.05) is 12.1 Å². The SMILES string of the molecule is CCOC(=O)CCC(C)C(C)(C)OC(=O)Nc1ccccc1. The summed E-state index contributed by atoms with van der Waals surface area (Å²) in [5, 5.41) is 2.69. The third kappa shape index (κ3) is 6.16. The van der Waals surface area contributed by atoms with E-state index in [1.807, 2.05) is 39.0 Å². The molecule has 1 unspecified atom stereocenters. The Hall–Kier alpha value is -2.04. The molecular weight excluding hydrogens is 282 g/mol. The maximum absolute atomic E-state index is 11.9. The van der Waals surface area contributed by atoms with Crippen LogP contribution in [-0.2, 0) is 14.3 Å². The fraction of sp³-hybridized carbons (Fsp3) is 0.529. The molecule has 0 aliphatic carbocycles. The summed E-state index contributed by atoms with van der Waals surface area (Å²) >= 11 is 0. The van der Waals surface area contributed by atoms with Gasteiger partial charge in [0.25, 0.3) is 0 Å². The molecule has 1 atom stereocenters. The molecule has 5 heteroatoms. The Balaban J connectivity index is 2.47. The molecule has 0 radical (unpaired) electrons. The summed E-state index contributed by atoms with van der Waals surface area (Å²) < 4.78 is 10.4. The summed E-state index contributed by atoms with van der Waals surface area (Å²) in [5.74, 6) is -0.197. The van der Waals surface area contributed by atoms with E-state index in [-0.39, 0.29) is 11.9 Å². The van der Waals surface area contributed by atoms with Crippen molar-refractivity contribution in [3.63, 3.8) is 0 Å². The molecular formula is C17H25NO4. The van der Waals surface area contributed by atoms with Crippen molar-refractivity contribution in [2.75, 3.05) is 11.9 Å². The topological polar surface area (TPSA) is 64.6 Å². The van der Waals surface area contributed by atoms with Crippen molar-refractivity contribution in [3.05, 3.63) is 30.3 Å². The van der Waals surface area contributed by atoms with E-state index in [0.717, 1.165) is 0 Å². The summed E-state index contributed by atoms with van der Waals surface area (Å²) in [5.41, 5.74) is 0.00761. The van der Waals surface area contributed by atoms with Crippen molar-refractivity contribution in [3.8, 4) is 0 Å². The highest BCUT2D eigenvalue weighted by Gasteiger charge is 2.30. The van der Waals surface area contributed by atoms with Gasteiger partial charge in [0.1, 0.15) is 5.60 Å². The third-order valence-corrected chi connectivity index (χ3v) is 3.65. The molecule has 22 heavy (non-hydrogen) atoms. The summed E-state index contributed by atoms with van der Waals surface area (Å²) in [6, 6.07) is 9.13. The van der Waals surface area contributed by atoms with Crippen LogP contribution in [-0.4, -0.2) is 24.3 Å². The largest absolute Gasteiger partial charge is 0.466 e. The molecule has 0 bridgehead atoms. The smallest absolute Gasteiger partial charge is 0.412 e. The van der Waals surface area contributed by atoms with E-state index in [1.165, 1.54) is 0 Å². The minimum atomic E-state index is -0.675. The number of para-hydroxylation sites is 1. The lowest BCUT2D eigenvalue weighted by molar-refractivity contribution is -0.143. The minimum absolute atomic E-state index is 0.0263. The van der Waals surface area contributed by atoms with Crippen LogP contribution >= 0.6 is 0 Å². The first-order valence-electron chi connectivity index (χ1n) is 7.55. The first-order chi connectivity index (χ1) is 10.3. The normalized spacial score (nSPS) is 12.4. The van der Waals surface area contributed by atoms with Crippen LogP contribution in [0.5, 0.6) is 0 Å². The zero-order valence-electron chi connectivity index (χ0n) is 13.7. The fourth-order valence-electron chi connectivity index (χ4n) is 1.92. The first-order valence-corrected chi connectivity index (χ1v) is 7.55. The molecule has 0 heterocycles. The number of hydrogen-bond acceptors (Lipinski definition) is 4. The summed E-state index contributed by atoms with van der Waals surface area (Å²) in [4.78, 5) is 23.3. The lowest BCUT2D eigenvalue weighted by Gasteiger charge is -2.31. The first kappa shape index (κ1) is 18.0. The molecule has 0 spiro atoms. The molecule has 5 nitrogen and oxygen atoms in total. The summed E-state index contributed by atoms with van der Waals surface area (Å²) in [6.07, 6.45) is 0.422. The molecule has 0 fully saturated rings. The number of carbonyl (C=O) groups is 2. The number of benzene rings is 1. The maximum atomic E-state index is 11.9. The Morgan fingerprint density at radius 1 is 1.23 bits per heavy atom. The van der Waals surface area contributed by atoms with Crippen LogP contribution in [0.1, 0.15) is 40.5 Å². The van der Waals surface area contributed by atoms with Crippen molar-refractivity contribution < 1.29 is 19.1 Å². The highest BCUT2D eigenvalue weighted by molar-refractivity contribution is 5.84. The van der Waals surface area contributed by atoms with E-state index in [2.05, 4.69) is 5.32 Å². The number of amides is 1. The van der Waals surface area contributed by atoms with Crippen LogP contribution in [0.2, 0.25) is 0 Å². The van der Waals surface area contributed by atoms with E-state index in [4.69, 9.17) is 9.47 Å². The van der Waals surface area contributed by atoms with Crippen LogP contribution in [0.3, 0.4) is 0 Å². The van der Waals surface area contributed by atoms with Gasteiger partial charge in [-0.2, -0.15) is 0 Å². The molecule has 1 N–H and O–H groups in total. The molecule has 0 saturated carbocycles. The van der Waals surface area contributed by atoms with Gasteiger partial charge in [-0.3, -0.25) is 10.1 Å². The van der Waals surface area contributed by atoms with Gasteiger partial charge in [-0.25, -0.2) is 4.79 Å². The Bertz CT molecular complexity index is 485. The Morgan fingerprint density at radius 2 is 1.86 bits per heavy atom. The fourth-order valence-corrected chi connectivity index (χ4v) is 1.92. The van der Waals surface area contributed by atoms with Gasteiger partial charge in [0.2, 0.25) is 0 Å². The summed E-state index contributed by atoms with van der Waals surface area (Å²) in [6.45, 7) is 7.80. The standard InChI is InChI=1S/C17H25NO4/c1-5-21-15(19)12-11-13(2)17(3,4)22-16(20)18-14-9-7-6-8-10-14/h6-10,13H,5,11-12H2,1-4H3,(H,18,20). The van der Waals surface area contributed by atoms with Crippen molar-refractivity contribution >= 4 is 17.7 Å². The van der Waals surface area contributed by atoms with Crippen molar-refractivity contribution in [2.24, 2.45) is 5.92 Å². The van der Waals surface area contributed by atoms with E-state index in [1.54, 1.807) is 19.1 Å². The van der Waals surface area contributed by atoms with Crippen LogP contribution in [0.25, 0.3) is 0 Å². The second-order valence-corrected chi connectivity index (χ2v) is 5.73. The highest BCUT2D eigenvalue weighted by Crippen LogP contribution is 2.26. The lowest BCUT2D eigenvalue weighted by atomic mass is 9.88. The zero-order chi connectivity index (χ0) is 16.6. The molecule has 0 saturated heterocycles. The number of hydrogen-bond donors (Lipinski definition) is 1. The average molecular weight is 307 g/mol. The third-order valence-electron chi connectivity index (χ3n) is 3.65. The van der Waals surface area contributed by atoms with Gasteiger partial charge in [0.15, 0.2) is 0 Å². The van der Waals surface area contributed by atoms with Crippen molar-refractivity contribution in [1.29, 1.82) is 0 Å². The number of anilines is 1. The minimum Gasteiger partial charge on any atom is -0.466 e. The molecule has 1 amide bonds. The van der Waals surface area contributed by atoms with Crippen LogP contribution in [0.4, 0.5) is 10.5 Å². The van der Waals surface area contributed by atoms with Crippen molar-refractivity contribution in [1.82, 2.24) is 0 Å². The van der Waals surface area contributed by atoms with E-state index >= 15 is 0 Å². The Labute approximate surface area is 132 Å². The summed E-state index contributed by atoms with van der Waals surface area (Å²) in [7, 11) is 0. The Kier molecular flexibility index (Phi) is 6.89. The van der Waals surface area contributed by atoms with Gasteiger partial charge < -0.3 is 9.47 Å². The number of rotatable bonds is 7. The van der Waals surface area contributed by atoms with E-state index < -0.39 is 11.7 Å². The molecule has 0 aromatic heterocycles. The highest BCUT2D eigenvalue weighted by atomic mass is 16.6. The number of ether oxygens (including phenoxy) is 2. The zero-order valence-corrected chi connectivity index (χ0v) is 13.7. The number of nitrogens with one attached hydrogen (secondary N) is 1. The maximum Gasteiger partial charge on any atom is 0.412 e. The van der Waals surface area contributed by atoms with Crippen LogP contribution in [0, 0.1) is 5.92 Å². The number of carbonyl (C=O) groups excluding carboxylic acids is 2. The molecule has 1 rings (SSSR count). The van der Waals surface area contributed by atoms with Gasteiger partial charge in [-0.05, 0) is 45.2 Å². The predicted octanol–water partition coefficient (Wildman–Crippen LogP) is 3.99. The Morgan fingerprint density at radius 3 is 2.45 bits per heavy atom. The van der Waals surface area contributed by atoms with Gasteiger partial charge in [-0.1, -0.05) is 25.1 Å². The monoisotopic (exact) mass is 307 g/mol. The molecule has 1 aromatic carbocycles. The van der Waals surface area contributed by atoms with Gasteiger partial charge in [0.05, 0.1) is 6.61 Å². The molecule has 0 aliphatic heterocycles. The van der Waals surface area contributed by atoms with Gasteiger partial charge >= 0.3 is 12.1 Å². The molecule has 122 valence electrons. The lowest BCUT2D eigenvalue weighted by Crippen LogP contribution is -2.37. The quantitative estimate of drug-likeness (QED) is 0.773. The second-order valence-electron chi connectivity index (χ2n) is 5.73.